The van der Waals surface area contributed by atoms with Gasteiger partial charge in [0.25, 0.3) is 0 Å². The molecule has 3 rings (SSSR count). The lowest BCUT2D eigenvalue weighted by atomic mass is 10.1. The zero-order valence-electron chi connectivity index (χ0n) is 12.4. The van der Waals surface area contributed by atoms with Crippen LogP contribution in [0, 0.1) is 11.6 Å². The Morgan fingerprint density at radius 1 is 1.36 bits per heavy atom. The van der Waals surface area contributed by atoms with Crippen LogP contribution >= 0.6 is 11.8 Å². The molecule has 0 N–H and O–H groups in total. The number of piperidine rings is 1. The number of likely N-dealkylation sites (tertiary alicyclic amines) is 1. The first-order valence-electron chi connectivity index (χ1n) is 7.29. The Morgan fingerprint density at radius 3 is 2.95 bits per heavy atom. The number of hydrogen-bond acceptors (Lipinski definition) is 4. The molecule has 1 atom stereocenters. The van der Waals surface area contributed by atoms with Gasteiger partial charge >= 0.3 is 0 Å². The van der Waals surface area contributed by atoms with Gasteiger partial charge in [-0.1, -0.05) is 5.21 Å². The first kappa shape index (κ1) is 15.4. The first-order valence-corrected chi connectivity index (χ1v) is 8.17. The topological polar surface area (TPSA) is 34.0 Å². The lowest BCUT2D eigenvalue weighted by molar-refractivity contribution is 0.220. The van der Waals surface area contributed by atoms with Crippen molar-refractivity contribution in [3.05, 3.63) is 41.7 Å². The number of hydrogen-bond donors (Lipinski definition) is 0. The third-order valence-electron chi connectivity index (χ3n) is 3.84. The van der Waals surface area contributed by atoms with Gasteiger partial charge in [0.2, 0.25) is 0 Å². The minimum Gasteiger partial charge on any atom is -0.296 e. The molecule has 0 radical (unpaired) electrons. The molecule has 1 aromatic heterocycles. The minimum atomic E-state index is -0.532. The van der Waals surface area contributed by atoms with Gasteiger partial charge in [-0.25, -0.2) is 8.78 Å². The lowest BCUT2D eigenvalue weighted by Crippen LogP contribution is -2.36. The van der Waals surface area contributed by atoms with Gasteiger partial charge in [-0.3, -0.25) is 9.58 Å². The van der Waals surface area contributed by atoms with E-state index in [4.69, 9.17) is 0 Å². The third-order valence-corrected chi connectivity index (χ3v) is 5.15. The van der Waals surface area contributed by atoms with Gasteiger partial charge < -0.3 is 0 Å². The standard InChI is InChI=1S/C15H18F2N4S/c1-20-12(8-18-19-20)9-21-6-2-3-13(10-21)22-15-5-4-11(16)7-14(15)17/h4-5,7-8,13H,2-3,6,9-10H2,1H3. The number of rotatable bonds is 4. The van der Waals surface area contributed by atoms with Crippen molar-refractivity contribution in [1.29, 1.82) is 0 Å². The largest absolute Gasteiger partial charge is 0.296 e. The highest BCUT2D eigenvalue weighted by atomic mass is 32.2. The number of thioether (sulfide) groups is 1. The van der Waals surface area contributed by atoms with Crippen LogP contribution in [0.25, 0.3) is 0 Å². The number of halogens is 2. The van der Waals surface area contributed by atoms with Crippen LogP contribution in [0.2, 0.25) is 0 Å². The normalized spacial score (nSPS) is 19.5. The van der Waals surface area contributed by atoms with Crippen molar-refractivity contribution in [2.75, 3.05) is 13.1 Å². The molecule has 2 aromatic rings. The van der Waals surface area contributed by atoms with Gasteiger partial charge in [-0.2, -0.15) is 0 Å². The van der Waals surface area contributed by atoms with Crippen molar-refractivity contribution in [2.24, 2.45) is 7.05 Å². The van der Waals surface area contributed by atoms with E-state index in [1.165, 1.54) is 23.9 Å². The minimum absolute atomic E-state index is 0.315. The molecule has 0 aliphatic carbocycles. The van der Waals surface area contributed by atoms with Gasteiger partial charge in [0.15, 0.2) is 0 Å². The lowest BCUT2D eigenvalue weighted by Gasteiger charge is -2.32. The summed E-state index contributed by atoms with van der Waals surface area (Å²) in [6, 6.07) is 3.79. The number of aromatic nitrogens is 3. The van der Waals surface area contributed by atoms with Crippen LogP contribution in [-0.2, 0) is 13.6 Å². The van der Waals surface area contributed by atoms with Crippen molar-refractivity contribution < 1.29 is 8.78 Å². The van der Waals surface area contributed by atoms with Gasteiger partial charge in [0, 0.05) is 36.3 Å². The van der Waals surface area contributed by atoms with Crippen LogP contribution in [0.4, 0.5) is 8.78 Å². The summed E-state index contributed by atoms with van der Waals surface area (Å²) < 4.78 is 28.5. The molecule has 1 unspecified atom stereocenters. The Balaban J connectivity index is 1.62. The molecule has 7 heteroatoms. The molecule has 1 saturated heterocycles. The molecule has 118 valence electrons. The Hall–Kier alpha value is -1.47. The van der Waals surface area contributed by atoms with E-state index in [0.717, 1.165) is 44.2 Å². The summed E-state index contributed by atoms with van der Waals surface area (Å²) in [5, 5.41) is 8.14. The second-order valence-corrected chi connectivity index (χ2v) is 6.88. The average molecular weight is 324 g/mol. The van der Waals surface area contributed by atoms with Gasteiger partial charge in [0.05, 0.1) is 11.9 Å². The molecule has 0 bridgehead atoms. The smallest absolute Gasteiger partial charge is 0.139 e. The van der Waals surface area contributed by atoms with Crippen LogP contribution in [0.15, 0.2) is 29.3 Å². The van der Waals surface area contributed by atoms with Crippen LogP contribution in [-0.4, -0.2) is 38.2 Å². The molecule has 1 aliphatic heterocycles. The molecular weight excluding hydrogens is 306 g/mol. The molecule has 4 nitrogen and oxygen atoms in total. The van der Waals surface area contributed by atoms with Crippen LogP contribution in [0.5, 0.6) is 0 Å². The van der Waals surface area contributed by atoms with Gasteiger partial charge in [0.1, 0.15) is 11.6 Å². The highest BCUT2D eigenvalue weighted by Crippen LogP contribution is 2.31. The number of aryl methyl sites for hydroxylation is 1. The van der Waals surface area contributed by atoms with Crippen molar-refractivity contribution in [1.82, 2.24) is 19.9 Å². The molecule has 1 aromatic carbocycles. The fourth-order valence-corrected chi connectivity index (χ4v) is 3.93. The third kappa shape index (κ3) is 3.64. The summed E-state index contributed by atoms with van der Waals surface area (Å²) in [6.07, 6.45) is 3.89. The predicted octanol–water partition coefficient (Wildman–Crippen LogP) is 2.85. The quantitative estimate of drug-likeness (QED) is 0.866. The monoisotopic (exact) mass is 324 g/mol. The van der Waals surface area contributed by atoms with Crippen LogP contribution in [0.1, 0.15) is 18.5 Å². The molecule has 0 spiro atoms. The SMILES string of the molecule is Cn1nncc1CN1CCCC(Sc2ccc(F)cc2F)C1. The molecule has 2 heterocycles. The maximum absolute atomic E-state index is 13.8. The van der Waals surface area contributed by atoms with Crippen LogP contribution in [0.3, 0.4) is 0 Å². The van der Waals surface area contributed by atoms with Crippen molar-refractivity contribution in [3.8, 4) is 0 Å². The Bertz CT molecular complexity index is 646. The number of benzene rings is 1. The maximum atomic E-state index is 13.8. The van der Waals surface area contributed by atoms with Gasteiger partial charge in [-0.05, 0) is 31.5 Å². The fraction of sp³-hybridized carbons (Fsp3) is 0.467. The van der Waals surface area contributed by atoms with E-state index >= 15 is 0 Å². The van der Waals surface area contributed by atoms with E-state index in [9.17, 15) is 8.78 Å². The Kier molecular flexibility index (Phi) is 4.73. The summed E-state index contributed by atoms with van der Waals surface area (Å²) >= 11 is 1.50. The first-order chi connectivity index (χ1) is 10.6. The second kappa shape index (κ2) is 6.75. The maximum Gasteiger partial charge on any atom is 0.139 e. The van der Waals surface area contributed by atoms with E-state index in [1.807, 2.05) is 7.05 Å². The van der Waals surface area contributed by atoms with E-state index in [0.29, 0.717) is 10.1 Å². The highest BCUT2D eigenvalue weighted by molar-refractivity contribution is 8.00. The molecule has 0 saturated carbocycles. The molecular formula is C15H18F2N4S. The Labute approximate surface area is 132 Å². The molecule has 1 fully saturated rings. The zero-order chi connectivity index (χ0) is 15.5. The average Bonchev–Trinajstić information content (AvgIpc) is 2.88. The Morgan fingerprint density at radius 2 is 2.23 bits per heavy atom. The summed E-state index contributed by atoms with van der Waals surface area (Å²) in [7, 11) is 1.88. The van der Waals surface area contributed by atoms with E-state index in [2.05, 4.69) is 15.2 Å². The molecule has 0 amide bonds. The van der Waals surface area contributed by atoms with E-state index in [-0.39, 0.29) is 0 Å². The summed E-state index contributed by atoms with van der Waals surface area (Å²) in [6.45, 7) is 2.70. The van der Waals surface area contributed by atoms with Crippen molar-refractivity contribution in [2.45, 2.75) is 29.5 Å². The molecule has 22 heavy (non-hydrogen) atoms. The zero-order valence-corrected chi connectivity index (χ0v) is 13.2. The summed E-state index contributed by atoms with van der Waals surface area (Å²) in [5.74, 6) is -1.01. The summed E-state index contributed by atoms with van der Waals surface area (Å²) in [4.78, 5) is 2.86. The van der Waals surface area contributed by atoms with E-state index in [1.54, 1.807) is 10.9 Å². The summed E-state index contributed by atoms with van der Waals surface area (Å²) in [5.41, 5.74) is 1.07. The van der Waals surface area contributed by atoms with E-state index < -0.39 is 11.6 Å². The van der Waals surface area contributed by atoms with Crippen molar-refractivity contribution >= 4 is 11.8 Å². The van der Waals surface area contributed by atoms with Crippen molar-refractivity contribution in [3.63, 3.8) is 0 Å². The highest BCUT2D eigenvalue weighted by Gasteiger charge is 2.22. The van der Waals surface area contributed by atoms with Crippen LogP contribution < -0.4 is 0 Å². The predicted molar refractivity (Wildman–Crippen MR) is 81.5 cm³/mol. The fourth-order valence-electron chi connectivity index (χ4n) is 2.69. The second-order valence-electron chi connectivity index (χ2n) is 5.54. The molecule has 1 aliphatic rings. The number of nitrogens with zero attached hydrogens (tertiary/aromatic N) is 4. The van der Waals surface area contributed by atoms with Gasteiger partial charge in [-0.15, -0.1) is 16.9 Å².